The zero-order chi connectivity index (χ0) is 11.0. The molecule has 0 radical (unpaired) electrons. The Hall–Kier alpha value is -0.790. The molecule has 0 bridgehead atoms. The first-order valence-electron chi connectivity index (χ1n) is 3.96. The van der Waals surface area contributed by atoms with Gasteiger partial charge in [0.2, 0.25) is 0 Å². The maximum absolute atomic E-state index is 11.1. The van der Waals surface area contributed by atoms with Crippen molar-refractivity contribution in [1.29, 1.82) is 0 Å². The second-order valence-electron chi connectivity index (χ2n) is 2.54. The summed E-state index contributed by atoms with van der Waals surface area (Å²) in [5.74, 6) is -0.878. The molecule has 0 aromatic carbocycles. The molecule has 0 spiro atoms. The smallest absolute Gasteiger partial charge is 0.332 e. The van der Waals surface area contributed by atoms with Crippen molar-refractivity contribution in [1.82, 2.24) is 5.48 Å². The van der Waals surface area contributed by atoms with Crippen LogP contribution in [0.15, 0.2) is 0 Å². The number of nitrogens with two attached hydrogens (primary N) is 1. The van der Waals surface area contributed by atoms with Gasteiger partial charge in [0.1, 0.15) is 0 Å². The Morgan fingerprint density at radius 3 is 2.79 bits per heavy atom. The maximum Gasteiger partial charge on any atom is 0.332 e. The minimum absolute atomic E-state index is 0.500. The summed E-state index contributed by atoms with van der Waals surface area (Å²) in [6.07, 6.45) is 2.44. The van der Waals surface area contributed by atoms with Gasteiger partial charge in [-0.2, -0.15) is 11.8 Å². The molecular weight excluding hydrogens is 208 g/mol. The summed E-state index contributed by atoms with van der Waals surface area (Å²) in [7, 11) is 0. The van der Waals surface area contributed by atoms with E-state index in [1.165, 1.54) is 0 Å². The Kier molecular flexibility index (Phi) is 7.17. The van der Waals surface area contributed by atoms with Crippen molar-refractivity contribution in [3.8, 4) is 0 Å². The first-order valence-corrected chi connectivity index (χ1v) is 5.35. The molecule has 1 atom stereocenters. The lowest BCUT2D eigenvalue weighted by atomic mass is 10.2. The average Bonchev–Trinajstić information content (AvgIpc) is 2.13. The van der Waals surface area contributed by atoms with Crippen LogP contribution in [0.5, 0.6) is 0 Å². The van der Waals surface area contributed by atoms with Crippen molar-refractivity contribution in [2.24, 2.45) is 5.73 Å². The van der Waals surface area contributed by atoms with E-state index < -0.39 is 24.5 Å². The SMILES string of the molecule is CSCC[C@@H](N)C(=O)NOCC(=O)O. The van der Waals surface area contributed by atoms with Crippen molar-refractivity contribution in [3.63, 3.8) is 0 Å². The van der Waals surface area contributed by atoms with Gasteiger partial charge in [-0.15, -0.1) is 0 Å². The molecule has 0 aliphatic rings. The van der Waals surface area contributed by atoms with Gasteiger partial charge < -0.3 is 10.8 Å². The number of hydroxylamine groups is 1. The molecule has 0 saturated carbocycles. The van der Waals surface area contributed by atoms with Crippen LogP contribution in [0, 0.1) is 0 Å². The highest BCUT2D eigenvalue weighted by Gasteiger charge is 2.12. The lowest BCUT2D eigenvalue weighted by Crippen LogP contribution is -2.41. The van der Waals surface area contributed by atoms with Gasteiger partial charge in [0, 0.05) is 0 Å². The summed E-state index contributed by atoms with van der Waals surface area (Å²) < 4.78 is 0. The molecule has 6 nitrogen and oxygen atoms in total. The Labute approximate surface area is 86.1 Å². The Balaban J connectivity index is 3.56. The maximum atomic E-state index is 11.1. The van der Waals surface area contributed by atoms with Crippen molar-refractivity contribution in [2.45, 2.75) is 12.5 Å². The molecule has 82 valence electrons. The van der Waals surface area contributed by atoms with E-state index in [9.17, 15) is 9.59 Å². The van der Waals surface area contributed by atoms with E-state index in [0.29, 0.717) is 6.42 Å². The molecule has 0 saturated heterocycles. The third-order valence-corrected chi connectivity index (χ3v) is 1.98. The Bertz CT molecular complexity index is 200. The predicted molar refractivity (Wildman–Crippen MR) is 52.7 cm³/mol. The van der Waals surface area contributed by atoms with Crippen molar-refractivity contribution in [2.75, 3.05) is 18.6 Å². The second kappa shape index (κ2) is 7.60. The molecule has 0 heterocycles. The molecule has 0 unspecified atom stereocenters. The molecule has 0 aliphatic carbocycles. The second-order valence-corrected chi connectivity index (χ2v) is 3.52. The molecule has 0 aliphatic heterocycles. The van der Waals surface area contributed by atoms with E-state index in [-0.39, 0.29) is 0 Å². The number of thioether (sulfide) groups is 1. The van der Waals surface area contributed by atoms with Crippen molar-refractivity contribution >= 4 is 23.6 Å². The third kappa shape index (κ3) is 6.70. The van der Waals surface area contributed by atoms with Crippen LogP contribution in [0.25, 0.3) is 0 Å². The predicted octanol–water partition coefficient (Wildman–Crippen LogP) is -0.801. The lowest BCUT2D eigenvalue weighted by molar-refractivity contribution is -0.149. The minimum Gasteiger partial charge on any atom is -0.479 e. The molecule has 0 aromatic rings. The van der Waals surface area contributed by atoms with Crippen molar-refractivity contribution in [3.05, 3.63) is 0 Å². The fraction of sp³-hybridized carbons (Fsp3) is 0.714. The zero-order valence-electron chi connectivity index (χ0n) is 7.86. The number of hydrogen-bond donors (Lipinski definition) is 3. The first-order chi connectivity index (χ1) is 6.57. The normalized spacial score (nSPS) is 12.1. The van der Waals surface area contributed by atoms with Gasteiger partial charge in [0.15, 0.2) is 6.61 Å². The van der Waals surface area contributed by atoms with E-state index in [1.54, 1.807) is 11.8 Å². The Morgan fingerprint density at radius 1 is 1.64 bits per heavy atom. The van der Waals surface area contributed by atoms with Crippen LogP contribution in [0.1, 0.15) is 6.42 Å². The van der Waals surface area contributed by atoms with Crippen LogP contribution in [-0.2, 0) is 14.4 Å². The topological polar surface area (TPSA) is 102 Å². The molecule has 1 amide bonds. The number of carboxylic acids is 1. The molecule has 14 heavy (non-hydrogen) atoms. The van der Waals surface area contributed by atoms with Gasteiger partial charge in [0.05, 0.1) is 6.04 Å². The highest BCUT2D eigenvalue weighted by Crippen LogP contribution is 1.98. The fourth-order valence-electron chi connectivity index (χ4n) is 0.621. The summed E-state index contributed by atoms with van der Waals surface area (Å²) in [5, 5.41) is 8.20. The summed E-state index contributed by atoms with van der Waals surface area (Å²) in [4.78, 5) is 25.5. The van der Waals surface area contributed by atoms with Crippen LogP contribution in [0.4, 0.5) is 0 Å². The van der Waals surface area contributed by atoms with Crippen molar-refractivity contribution < 1.29 is 19.5 Å². The van der Waals surface area contributed by atoms with Crippen LogP contribution in [0.3, 0.4) is 0 Å². The summed E-state index contributed by atoms with van der Waals surface area (Å²) in [6.45, 7) is -0.568. The highest BCUT2D eigenvalue weighted by atomic mass is 32.2. The Morgan fingerprint density at radius 2 is 2.29 bits per heavy atom. The number of amides is 1. The number of carboxylic acid groups (broad SMARTS) is 1. The lowest BCUT2D eigenvalue weighted by Gasteiger charge is -2.10. The summed E-state index contributed by atoms with van der Waals surface area (Å²) in [6, 6.07) is -0.656. The molecule has 4 N–H and O–H groups in total. The van der Waals surface area contributed by atoms with Gasteiger partial charge in [-0.05, 0) is 18.4 Å². The van der Waals surface area contributed by atoms with E-state index >= 15 is 0 Å². The van der Waals surface area contributed by atoms with E-state index in [2.05, 4.69) is 4.84 Å². The third-order valence-electron chi connectivity index (χ3n) is 1.34. The number of nitrogens with one attached hydrogen (secondary N) is 1. The molecule has 7 heteroatoms. The van der Waals surface area contributed by atoms with Crippen LogP contribution < -0.4 is 11.2 Å². The van der Waals surface area contributed by atoms with Gasteiger partial charge in [-0.1, -0.05) is 0 Å². The number of carbonyl (C=O) groups is 2. The minimum atomic E-state index is -1.15. The average molecular weight is 222 g/mol. The van der Waals surface area contributed by atoms with E-state index in [1.807, 2.05) is 11.7 Å². The number of rotatable bonds is 7. The van der Waals surface area contributed by atoms with Gasteiger partial charge >= 0.3 is 5.97 Å². The molecule has 0 rings (SSSR count). The highest BCUT2D eigenvalue weighted by molar-refractivity contribution is 7.98. The summed E-state index contributed by atoms with van der Waals surface area (Å²) in [5.41, 5.74) is 7.44. The van der Waals surface area contributed by atoms with Crippen LogP contribution in [-0.4, -0.2) is 41.6 Å². The van der Waals surface area contributed by atoms with Gasteiger partial charge in [0.25, 0.3) is 5.91 Å². The largest absolute Gasteiger partial charge is 0.479 e. The van der Waals surface area contributed by atoms with Crippen LogP contribution >= 0.6 is 11.8 Å². The fourth-order valence-corrected chi connectivity index (χ4v) is 1.11. The number of aliphatic carboxylic acids is 1. The molecule has 0 aromatic heterocycles. The standard InChI is InChI=1S/C7H14N2O4S/c1-14-3-2-5(8)7(12)9-13-4-6(10)11/h5H,2-4,8H2,1H3,(H,9,12)(H,10,11)/t5-/m1/s1. The van der Waals surface area contributed by atoms with Crippen LogP contribution in [0.2, 0.25) is 0 Å². The number of hydrogen-bond acceptors (Lipinski definition) is 5. The molecule has 0 fully saturated rings. The van der Waals surface area contributed by atoms with Gasteiger partial charge in [-0.3, -0.25) is 9.63 Å². The van der Waals surface area contributed by atoms with E-state index in [4.69, 9.17) is 10.8 Å². The summed E-state index contributed by atoms with van der Waals surface area (Å²) >= 11 is 1.58. The van der Waals surface area contributed by atoms with Gasteiger partial charge in [-0.25, -0.2) is 10.3 Å². The molecular formula is C7H14N2O4S. The zero-order valence-corrected chi connectivity index (χ0v) is 8.67. The first kappa shape index (κ1) is 13.2. The van der Waals surface area contributed by atoms with E-state index in [0.717, 1.165) is 5.75 Å². The monoisotopic (exact) mass is 222 g/mol. The quantitative estimate of drug-likeness (QED) is 0.487. The number of carbonyl (C=O) groups excluding carboxylic acids is 1.